The first-order chi connectivity index (χ1) is 13.1. The Balaban J connectivity index is 2.19. The summed E-state index contributed by atoms with van der Waals surface area (Å²) in [6.07, 6.45) is -4.49. The van der Waals surface area contributed by atoms with Gasteiger partial charge in [0.05, 0.1) is 0 Å². The third-order valence-corrected chi connectivity index (χ3v) is 4.90. The van der Waals surface area contributed by atoms with Gasteiger partial charge in [-0.1, -0.05) is 6.07 Å². The number of allylic oxidation sites excluding steroid dienone is 2. The lowest BCUT2D eigenvalue weighted by molar-refractivity contribution is -0.129. The van der Waals surface area contributed by atoms with Crippen molar-refractivity contribution in [3.05, 3.63) is 52.9 Å². The molecule has 150 valence electrons. The standard InChI is InChI=1S/C20H20F4N2O2/c1-10-7-13(5-6-17(10)28-11(2)21)20(19(27)26(4)12(3)25-20)14-8-15(22)18(24)16(23)9-14/h5-9,11,15,18H,1-4H3. The van der Waals surface area contributed by atoms with Gasteiger partial charge in [-0.25, -0.2) is 22.6 Å². The number of aliphatic imine (C=N–C) groups is 1. The van der Waals surface area contributed by atoms with E-state index in [9.17, 15) is 22.4 Å². The van der Waals surface area contributed by atoms with Crippen molar-refractivity contribution < 1.29 is 27.1 Å². The van der Waals surface area contributed by atoms with Crippen LogP contribution in [0.25, 0.3) is 0 Å². The molecular formula is C20H20F4N2O2. The first-order valence-electron chi connectivity index (χ1n) is 8.72. The molecule has 0 radical (unpaired) electrons. The number of benzene rings is 1. The number of rotatable bonds is 4. The summed E-state index contributed by atoms with van der Waals surface area (Å²) in [6.45, 7) is 4.46. The molecule has 1 aliphatic heterocycles. The van der Waals surface area contributed by atoms with Gasteiger partial charge < -0.3 is 9.64 Å². The van der Waals surface area contributed by atoms with Crippen molar-refractivity contribution in [2.24, 2.45) is 4.99 Å². The van der Waals surface area contributed by atoms with Crippen molar-refractivity contribution in [3.8, 4) is 5.75 Å². The Morgan fingerprint density at radius 3 is 2.46 bits per heavy atom. The lowest BCUT2D eigenvalue weighted by Gasteiger charge is -2.30. The van der Waals surface area contributed by atoms with Crippen LogP contribution in [0.5, 0.6) is 5.75 Å². The Kier molecular flexibility index (Phi) is 5.08. The largest absolute Gasteiger partial charge is 0.460 e. The van der Waals surface area contributed by atoms with Crippen LogP contribution in [-0.2, 0) is 10.3 Å². The second-order valence-electron chi connectivity index (χ2n) is 6.87. The highest BCUT2D eigenvalue weighted by Crippen LogP contribution is 2.44. The smallest absolute Gasteiger partial charge is 0.264 e. The third-order valence-electron chi connectivity index (χ3n) is 4.90. The van der Waals surface area contributed by atoms with E-state index in [2.05, 4.69) is 4.99 Å². The molecule has 1 aromatic rings. The minimum absolute atomic E-state index is 0.0907. The van der Waals surface area contributed by atoms with Crippen molar-refractivity contribution in [1.82, 2.24) is 4.90 Å². The van der Waals surface area contributed by atoms with Gasteiger partial charge in [-0.05, 0) is 54.8 Å². The van der Waals surface area contributed by atoms with Crippen LogP contribution in [0.2, 0.25) is 0 Å². The highest BCUT2D eigenvalue weighted by molar-refractivity contribution is 6.09. The number of carbonyl (C=O) groups is 1. The number of halogens is 4. The number of amidine groups is 1. The van der Waals surface area contributed by atoms with Crippen LogP contribution in [0.4, 0.5) is 17.6 Å². The molecule has 4 nitrogen and oxygen atoms in total. The molecule has 0 fully saturated rings. The molecule has 1 aliphatic carbocycles. The zero-order valence-electron chi connectivity index (χ0n) is 15.8. The summed E-state index contributed by atoms with van der Waals surface area (Å²) in [5.41, 5.74) is -1.02. The Labute approximate surface area is 160 Å². The Morgan fingerprint density at radius 2 is 1.96 bits per heavy atom. The topological polar surface area (TPSA) is 41.9 Å². The predicted octanol–water partition coefficient (Wildman–Crippen LogP) is 4.24. The van der Waals surface area contributed by atoms with Gasteiger partial charge in [0.1, 0.15) is 17.4 Å². The molecular weight excluding hydrogens is 376 g/mol. The van der Waals surface area contributed by atoms with Gasteiger partial charge in [-0.3, -0.25) is 4.79 Å². The van der Waals surface area contributed by atoms with E-state index in [0.29, 0.717) is 17.0 Å². The van der Waals surface area contributed by atoms with Crippen LogP contribution in [0.3, 0.4) is 0 Å². The second kappa shape index (κ2) is 7.07. The molecule has 0 bridgehead atoms. The molecule has 1 aromatic carbocycles. The summed E-state index contributed by atoms with van der Waals surface area (Å²) in [7, 11) is 1.49. The first-order valence-corrected chi connectivity index (χ1v) is 8.72. The Hall–Kier alpha value is -2.64. The maximum atomic E-state index is 14.1. The summed E-state index contributed by atoms with van der Waals surface area (Å²) in [6, 6.07) is 4.50. The van der Waals surface area contributed by atoms with Gasteiger partial charge in [0.25, 0.3) is 5.91 Å². The molecule has 0 saturated carbocycles. The number of alkyl halides is 3. The fourth-order valence-electron chi connectivity index (χ4n) is 3.39. The van der Waals surface area contributed by atoms with Crippen LogP contribution in [0.15, 0.2) is 46.7 Å². The number of likely N-dealkylation sites (N-methyl/N-ethyl adjacent to an activating group) is 1. The summed E-state index contributed by atoms with van der Waals surface area (Å²) in [4.78, 5) is 18.8. The number of amides is 1. The van der Waals surface area contributed by atoms with Crippen molar-refractivity contribution in [3.63, 3.8) is 0 Å². The molecule has 0 N–H and O–H groups in total. The van der Waals surface area contributed by atoms with Gasteiger partial charge in [0.2, 0.25) is 6.36 Å². The minimum Gasteiger partial charge on any atom is -0.460 e. The molecule has 28 heavy (non-hydrogen) atoms. The summed E-state index contributed by atoms with van der Waals surface area (Å²) in [5.74, 6) is -1.23. The average Bonchev–Trinajstić information content (AvgIpc) is 2.85. The lowest BCUT2D eigenvalue weighted by atomic mass is 9.79. The van der Waals surface area contributed by atoms with E-state index in [4.69, 9.17) is 4.74 Å². The van der Waals surface area contributed by atoms with Crippen LogP contribution in [-0.4, -0.2) is 42.4 Å². The van der Waals surface area contributed by atoms with Crippen molar-refractivity contribution in [2.45, 2.75) is 45.0 Å². The van der Waals surface area contributed by atoms with Gasteiger partial charge in [-0.2, -0.15) is 0 Å². The van der Waals surface area contributed by atoms with Gasteiger partial charge in [0.15, 0.2) is 17.9 Å². The molecule has 0 spiro atoms. The van der Waals surface area contributed by atoms with Crippen molar-refractivity contribution in [2.75, 3.05) is 7.05 Å². The molecule has 2 aliphatic rings. The van der Waals surface area contributed by atoms with E-state index in [0.717, 1.165) is 12.2 Å². The molecule has 4 unspecified atom stereocenters. The quantitative estimate of drug-likeness (QED) is 0.715. The highest BCUT2D eigenvalue weighted by Gasteiger charge is 2.51. The predicted molar refractivity (Wildman–Crippen MR) is 97.0 cm³/mol. The van der Waals surface area contributed by atoms with Crippen LogP contribution >= 0.6 is 0 Å². The Morgan fingerprint density at radius 1 is 1.29 bits per heavy atom. The number of hydrogen-bond donors (Lipinski definition) is 0. The summed E-state index contributed by atoms with van der Waals surface area (Å²) < 4.78 is 59.9. The van der Waals surface area contributed by atoms with E-state index < -0.39 is 36.0 Å². The van der Waals surface area contributed by atoms with E-state index in [1.54, 1.807) is 19.9 Å². The van der Waals surface area contributed by atoms with E-state index in [1.807, 2.05) is 0 Å². The van der Waals surface area contributed by atoms with Gasteiger partial charge in [0, 0.05) is 14.0 Å². The number of aryl methyl sites for hydroxylation is 1. The molecule has 4 atom stereocenters. The van der Waals surface area contributed by atoms with E-state index in [1.165, 1.54) is 31.0 Å². The summed E-state index contributed by atoms with van der Waals surface area (Å²) >= 11 is 0. The second-order valence-corrected chi connectivity index (χ2v) is 6.87. The van der Waals surface area contributed by atoms with Crippen molar-refractivity contribution >= 4 is 11.7 Å². The van der Waals surface area contributed by atoms with Gasteiger partial charge in [-0.15, -0.1) is 0 Å². The van der Waals surface area contributed by atoms with E-state index in [-0.39, 0.29) is 11.3 Å². The maximum absolute atomic E-state index is 14.1. The maximum Gasteiger partial charge on any atom is 0.264 e. The summed E-state index contributed by atoms with van der Waals surface area (Å²) in [5, 5.41) is 0. The third kappa shape index (κ3) is 3.10. The highest BCUT2D eigenvalue weighted by atomic mass is 19.2. The minimum atomic E-state index is -2.41. The molecule has 0 aromatic heterocycles. The number of nitrogens with zero attached hydrogens (tertiary/aromatic N) is 2. The molecule has 0 saturated heterocycles. The number of carbonyl (C=O) groups excluding carboxylic acids is 1. The monoisotopic (exact) mass is 396 g/mol. The van der Waals surface area contributed by atoms with Crippen LogP contribution in [0.1, 0.15) is 25.0 Å². The number of ether oxygens (including phenoxy) is 1. The molecule has 8 heteroatoms. The fraction of sp³-hybridized carbons (Fsp3) is 0.400. The van der Waals surface area contributed by atoms with Crippen LogP contribution < -0.4 is 4.74 Å². The van der Waals surface area contributed by atoms with Crippen LogP contribution in [0, 0.1) is 6.92 Å². The number of hydrogen-bond acceptors (Lipinski definition) is 3. The Bertz CT molecular complexity index is 909. The average molecular weight is 396 g/mol. The molecule has 1 heterocycles. The van der Waals surface area contributed by atoms with Gasteiger partial charge >= 0.3 is 0 Å². The molecule has 3 rings (SSSR count). The zero-order valence-corrected chi connectivity index (χ0v) is 15.8. The fourth-order valence-corrected chi connectivity index (χ4v) is 3.39. The molecule has 1 amide bonds. The first kappa shape index (κ1) is 20.1. The van der Waals surface area contributed by atoms with Crippen molar-refractivity contribution in [1.29, 1.82) is 0 Å². The zero-order chi connectivity index (χ0) is 20.8. The SMILES string of the molecule is CC1=NC(C2=CC(F)C(F)C(F)=C2)(c2ccc(OC(C)F)c(C)c2)C(=O)N1C. The van der Waals surface area contributed by atoms with E-state index >= 15 is 0 Å². The normalized spacial score (nSPS) is 28.6. The lowest BCUT2D eigenvalue weighted by Crippen LogP contribution is -2.41.